The molecule has 2 atom stereocenters. The minimum atomic E-state index is -1.06. The third-order valence-electron chi connectivity index (χ3n) is 5.56. The van der Waals surface area contributed by atoms with Gasteiger partial charge in [0, 0.05) is 6.42 Å². The van der Waals surface area contributed by atoms with Crippen LogP contribution in [0.3, 0.4) is 0 Å². The van der Waals surface area contributed by atoms with Crippen molar-refractivity contribution in [2.45, 2.75) is 103 Å². The van der Waals surface area contributed by atoms with Crippen LogP contribution in [0.1, 0.15) is 97.8 Å². The number of unbranched alkanes of at least 4 members (excludes halogenated alkanes) is 9. The van der Waals surface area contributed by atoms with Gasteiger partial charge in [0.2, 0.25) is 0 Å². The summed E-state index contributed by atoms with van der Waals surface area (Å²) in [7, 11) is 0. The molecule has 0 aromatic carbocycles. The summed E-state index contributed by atoms with van der Waals surface area (Å²) in [6.45, 7) is 5.92. The third-order valence-corrected chi connectivity index (χ3v) is 5.56. The Balaban J connectivity index is 2.31. The Bertz CT molecular complexity index is 420. The van der Waals surface area contributed by atoms with E-state index in [1.807, 2.05) is 25.2 Å². The third kappa shape index (κ3) is 5.88. The van der Waals surface area contributed by atoms with Crippen molar-refractivity contribution in [1.82, 2.24) is 0 Å². The van der Waals surface area contributed by atoms with Gasteiger partial charge < -0.3 is 5.11 Å². The van der Waals surface area contributed by atoms with Gasteiger partial charge in [-0.1, -0.05) is 102 Å². The molecule has 0 bridgehead atoms. The number of allylic oxidation sites excluding steroid dienone is 2. The van der Waals surface area contributed by atoms with Crippen molar-refractivity contribution in [3.8, 4) is 0 Å². The Hall–Kier alpha value is -0.890. The summed E-state index contributed by atoms with van der Waals surface area (Å²) in [6.07, 6.45) is 21.6. The molecule has 0 saturated heterocycles. The average molecular weight is 335 g/mol. The van der Waals surface area contributed by atoms with E-state index in [0.717, 1.165) is 19.3 Å². The summed E-state index contributed by atoms with van der Waals surface area (Å²) < 4.78 is 0. The summed E-state index contributed by atoms with van der Waals surface area (Å²) in [4.78, 5) is 12.6. The quantitative estimate of drug-likeness (QED) is 0.411. The van der Waals surface area contributed by atoms with Crippen molar-refractivity contribution in [1.29, 1.82) is 0 Å². The first-order chi connectivity index (χ1) is 11.5. The van der Waals surface area contributed by atoms with Gasteiger partial charge >= 0.3 is 0 Å². The molecule has 0 radical (unpaired) electrons. The molecule has 138 valence electrons. The highest BCUT2D eigenvalue weighted by Gasteiger charge is 2.48. The van der Waals surface area contributed by atoms with Crippen LogP contribution in [0, 0.1) is 5.41 Å². The lowest BCUT2D eigenvalue weighted by molar-refractivity contribution is -0.136. The van der Waals surface area contributed by atoms with Gasteiger partial charge in [-0.2, -0.15) is 0 Å². The standard InChI is InChI=1S/C22H38O2/c1-4-6-7-8-9-10-11-12-13-14-18-22(20(23)5-2)19-16-15-17-21(22,3)24/h15-17,19,24H,4-14,18H2,1-3H3. The highest BCUT2D eigenvalue weighted by Crippen LogP contribution is 2.43. The van der Waals surface area contributed by atoms with Crippen molar-refractivity contribution in [2.24, 2.45) is 5.41 Å². The molecule has 0 spiro atoms. The van der Waals surface area contributed by atoms with Gasteiger partial charge in [-0.05, 0) is 13.3 Å². The van der Waals surface area contributed by atoms with Crippen molar-refractivity contribution in [3.63, 3.8) is 0 Å². The molecule has 1 aliphatic rings. The van der Waals surface area contributed by atoms with Crippen LogP contribution >= 0.6 is 0 Å². The zero-order valence-electron chi connectivity index (χ0n) is 16.2. The molecule has 24 heavy (non-hydrogen) atoms. The van der Waals surface area contributed by atoms with Crippen LogP contribution in [-0.2, 0) is 4.79 Å². The predicted octanol–water partition coefficient (Wildman–Crippen LogP) is 6.14. The Morgan fingerprint density at radius 1 is 0.833 bits per heavy atom. The molecule has 0 saturated carbocycles. The van der Waals surface area contributed by atoms with E-state index in [1.54, 1.807) is 13.0 Å². The van der Waals surface area contributed by atoms with E-state index < -0.39 is 11.0 Å². The summed E-state index contributed by atoms with van der Waals surface area (Å²) in [6, 6.07) is 0. The fraction of sp³-hybridized carbons (Fsp3) is 0.773. The van der Waals surface area contributed by atoms with Gasteiger partial charge in [-0.3, -0.25) is 4.79 Å². The van der Waals surface area contributed by atoms with E-state index >= 15 is 0 Å². The van der Waals surface area contributed by atoms with Gasteiger partial charge in [0.1, 0.15) is 5.78 Å². The van der Waals surface area contributed by atoms with Crippen molar-refractivity contribution < 1.29 is 9.90 Å². The number of rotatable bonds is 13. The lowest BCUT2D eigenvalue weighted by atomic mass is 9.64. The van der Waals surface area contributed by atoms with Crippen molar-refractivity contribution in [2.75, 3.05) is 0 Å². The highest BCUT2D eigenvalue weighted by molar-refractivity contribution is 5.88. The molecule has 1 rings (SSSR count). The molecule has 0 amide bonds. The number of hydrogen-bond donors (Lipinski definition) is 1. The average Bonchev–Trinajstić information content (AvgIpc) is 2.57. The minimum Gasteiger partial charge on any atom is -0.385 e. The summed E-state index contributed by atoms with van der Waals surface area (Å²) in [5.41, 5.74) is -1.79. The van der Waals surface area contributed by atoms with E-state index in [4.69, 9.17) is 0 Å². The SMILES string of the molecule is CCCCCCCCCCCCC1(C(=O)CC)C=CC=CC1(C)O. The number of carbonyl (C=O) groups excluding carboxylic acids is 1. The van der Waals surface area contributed by atoms with Crippen molar-refractivity contribution in [3.05, 3.63) is 24.3 Å². The normalized spacial score (nSPS) is 26.0. The van der Waals surface area contributed by atoms with Gasteiger partial charge in [-0.25, -0.2) is 0 Å². The van der Waals surface area contributed by atoms with Crippen molar-refractivity contribution >= 4 is 5.78 Å². The largest absolute Gasteiger partial charge is 0.385 e. The molecule has 0 aromatic heterocycles. The van der Waals surface area contributed by atoms with Gasteiger partial charge in [0.05, 0.1) is 11.0 Å². The van der Waals surface area contributed by atoms with Gasteiger partial charge in [-0.15, -0.1) is 0 Å². The van der Waals surface area contributed by atoms with Crippen LogP contribution in [-0.4, -0.2) is 16.5 Å². The number of aliphatic hydroxyl groups is 1. The molecule has 0 heterocycles. The first kappa shape index (κ1) is 21.2. The second-order valence-corrected chi connectivity index (χ2v) is 7.55. The van der Waals surface area contributed by atoms with Crippen LogP contribution in [0.4, 0.5) is 0 Å². The van der Waals surface area contributed by atoms with Gasteiger partial charge in [0.25, 0.3) is 0 Å². The van der Waals surface area contributed by atoms with E-state index in [9.17, 15) is 9.90 Å². The second-order valence-electron chi connectivity index (χ2n) is 7.55. The first-order valence-electron chi connectivity index (χ1n) is 10.1. The topological polar surface area (TPSA) is 37.3 Å². The second kappa shape index (κ2) is 10.9. The number of hydrogen-bond acceptors (Lipinski definition) is 2. The maximum atomic E-state index is 12.6. The van der Waals surface area contributed by atoms with Crippen LogP contribution in [0.5, 0.6) is 0 Å². The molecule has 2 heteroatoms. The zero-order chi connectivity index (χ0) is 17.9. The molecule has 1 aliphatic carbocycles. The molecule has 1 N–H and O–H groups in total. The molecule has 0 aliphatic heterocycles. The number of ketones is 1. The van der Waals surface area contributed by atoms with E-state index in [-0.39, 0.29) is 5.78 Å². The first-order valence-corrected chi connectivity index (χ1v) is 10.1. The molecular weight excluding hydrogens is 296 g/mol. The zero-order valence-corrected chi connectivity index (χ0v) is 16.2. The van der Waals surface area contributed by atoms with Crippen LogP contribution in [0.2, 0.25) is 0 Å². The van der Waals surface area contributed by atoms with E-state index in [1.165, 1.54) is 51.4 Å². The predicted molar refractivity (Wildman–Crippen MR) is 103 cm³/mol. The Morgan fingerprint density at radius 2 is 1.33 bits per heavy atom. The Labute approximate surface area is 149 Å². The van der Waals surface area contributed by atoms with E-state index in [2.05, 4.69) is 6.92 Å². The Morgan fingerprint density at radius 3 is 1.83 bits per heavy atom. The summed E-state index contributed by atoms with van der Waals surface area (Å²) >= 11 is 0. The minimum absolute atomic E-state index is 0.157. The number of Topliss-reactive ketones (excluding diaryl/α,β-unsaturated/α-hetero) is 1. The van der Waals surface area contributed by atoms with Gasteiger partial charge in [0.15, 0.2) is 0 Å². The maximum Gasteiger partial charge on any atom is 0.145 e. The molecule has 0 aromatic rings. The lowest BCUT2D eigenvalue weighted by Gasteiger charge is -2.42. The molecule has 2 unspecified atom stereocenters. The lowest BCUT2D eigenvalue weighted by Crippen LogP contribution is -2.49. The summed E-state index contributed by atoms with van der Waals surface area (Å²) in [5.74, 6) is 0.157. The molecule has 2 nitrogen and oxygen atoms in total. The fourth-order valence-corrected chi connectivity index (χ4v) is 3.84. The van der Waals surface area contributed by atoms with Crippen LogP contribution in [0.15, 0.2) is 24.3 Å². The molecular formula is C22H38O2. The number of carbonyl (C=O) groups is 1. The highest BCUT2D eigenvalue weighted by atomic mass is 16.3. The van der Waals surface area contributed by atoms with Crippen LogP contribution in [0.25, 0.3) is 0 Å². The maximum absolute atomic E-state index is 12.6. The summed E-state index contributed by atoms with van der Waals surface area (Å²) in [5, 5.41) is 10.8. The molecule has 0 fully saturated rings. The monoisotopic (exact) mass is 334 g/mol. The van der Waals surface area contributed by atoms with Crippen LogP contribution < -0.4 is 0 Å². The van der Waals surface area contributed by atoms with E-state index in [0.29, 0.717) is 6.42 Å². The smallest absolute Gasteiger partial charge is 0.145 e. The fourth-order valence-electron chi connectivity index (χ4n) is 3.84. The Kier molecular flexibility index (Phi) is 9.58.